The van der Waals surface area contributed by atoms with Crippen LogP contribution < -0.4 is 0 Å². The summed E-state index contributed by atoms with van der Waals surface area (Å²) in [4.78, 5) is 12.3. The SMILES string of the molecule is CCOC(=O)c1c(C)c(S(=O)(=O)N2CCOCC2)c(C)n1C. The van der Waals surface area contributed by atoms with E-state index in [-0.39, 0.29) is 17.2 Å². The number of esters is 1. The lowest BCUT2D eigenvalue weighted by atomic mass is 10.2. The van der Waals surface area contributed by atoms with Gasteiger partial charge in [0.1, 0.15) is 10.6 Å². The number of aromatic nitrogens is 1. The maximum Gasteiger partial charge on any atom is 0.355 e. The summed E-state index contributed by atoms with van der Waals surface area (Å²) in [6.45, 7) is 6.72. The molecule has 0 bridgehead atoms. The first-order valence-electron chi connectivity index (χ1n) is 7.23. The molecule has 0 saturated carbocycles. The predicted octanol–water partition coefficient (Wildman–Crippen LogP) is 0.840. The van der Waals surface area contributed by atoms with Gasteiger partial charge in [-0.15, -0.1) is 0 Å². The van der Waals surface area contributed by atoms with Gasteiger partial charge in [-0.05, 0) is 20.8 Å². The van der Waals surface area contributed by atoms with Crippen LogP contribution in [0.4, 0.5) is 0 Å². The molecule has 0 radical (unpaired) electrons. The van der Waals surface area contributed by atoms with Gasteiger partial charge in [-0.1, -0.05) is 0 Å². The summed E-state index contributed by atoms with van der Waals surface area (Å²) in [5.41, 5.74) is 1.25. The third-order valence-electron chi connectivity index (χ3n) is 3.90. The summed E-state index contributed by atoms with van der Waals surface area (Å²) >= 11 is 0. The minimum Gasteiger partial charge on any atom is -0.461 e. The van der Waals surface area contributed by atoms with E-state index in [9.17, 15) is 13.2 Å². The van der Waals surface area contributed by atoms with E-state index in [0.29, 0.717) is 37.6 Å². The average molecular weight is 330 g/mol. The van der Waals surface area contributed by atoms with Crippen molar-refractivity contribution in [2.45, 2.75) is 25.7 Å². The smallest absolute Gasteiger partial charge is 0.355 e. The topological polar surface area (TPSA) is 77.8 Å². The Morgan fingerprint density at radius 2 is 1.86 bits per heavy atom. The highest BCUT2D eigenvalue weighted by molar-refractivity contribution is 7.89. The van der Waals surface area contributed by atoms with E-state index in [1.807, 2.05) is 0 Å². The molecule has 22 heavy (non-hydrogen) atoms. The van der Waals surface area contributed by atoms with Crippen molar-refractivity contribution in [1.82, 2.24) is 8.87 Å². The molecule has 2 heterocycles. The first-order chi connectivity index (χ1) is 10.3. The molecule has 8 heteroatoms. The van der Waals surface area contributed by atoms with E-state index in [0.717, 1.165) is 0 Å². The molecule has 0 aromatic carbocycles. The van der Waals surface area contributed by atoms with E-state index in [4.69, 9.17) is 9.47 Å². The molecular formula is C14H22N2O5S. The lowest BCUT2D eigenvalue weighted by Crippen LogP contribution is -2.41. The average Bonchev–Trinajstić information content (AvgIpc) is 2.70. The monoisotopic (exact) mass is 330 g/mol. The predicted molar refractivity (Wildman–Crippen MR) is 80.4 cm³/mol. The zero-order valence-corrected chi connectivity index (χ0v) is 14.2. The number of morpholine rings is 1. The van der Waals surface area contributed by atoms with Gasteiger partial charge in [0, 0.05) is 31.4 Å². The van der Waals surface area contributed by atoms with E-state index in [2.05, 4.69) is 0 Å². The van der Waals surface area contributed by atoms with Crippen LogP contribution in [-0.4, -0.2) is 56.2 Å². The van der Waals surface area contributed by atoms with Gasteiger partial charge in [0.2, 0.25) is 10.0 Å². The van der Waals surface area contributed by atoms with Crippen LogP contribution in [0.3, 0.4) is 0 Å². The summed E-state index contributed by atoms with van der Waals surface area (Å²) in [7, 11) is -1.98. The fourth-order valence-electron chi connectivity index (χ4n) is 2.74. The third-order valence-corrected chi connectivity index (χ3v) is 6.06. The Hall–Kier alpha value is -1.38. The van der Waals surface area contributed by atoms with Crippen molar-refractivity contribution < 1.29 is 22.7 Å². The molecule has 124 valence electrons. The summed E-state index contributed by atoms with van der Waals surface area (Å²) in [6, 6.07) is 0. The minimum atomic E-state index is -3.65. The molecule has 0 atom stereocenters. The van der Waals surface area contributed by atoms with Crippen molar-refractivity contribution >= 4 is 16.0 Å². The number of hydrogen-bond donors (Lipinski definition) is 0. The van der Waals surface area contributed by atoms with Gasteiger partial charge < -0.3 is 14.0 Å². The second kappa shape index (κ2) is 6.39. The highest BCUT2D eigenvalue weighted by Crippen LogP contribution is 2.29. The fraction of sp³-hybridized carbons (Fsp3) is 0.643. The quantitative estimate of drug-likeness (QED) is 0.765. The van der Waals surface area contributed by atoms with Gasteiger partial charge in [-0.2, -0.15) is 4.31 Å². The van der Waals surface area contributed by atoms with Crippen LogP contribution in [0.1, 0.15) is 28.7 Å². The van der Waals surface area contributed by atoms with Crippen molar-refractivity contribution in [2.75, 3.05) is 32.9 Å². The molecule has 1 aliphatic rings. The number of carbonyl (C=O) groups is 1. The number of ether oxygens (including phenoxy) is 2. The van der Waals surface area contributed by atoms with E-state index in [1.54, 1.807) is 32.4 Å². The lowest BCUT2D eigenvalue weighted by molar-refractivity contribution is 0.0514. The van der Waals surface area contributed by atoms with Crippen molar-refractivity contribution in [3.8, 4) is 0 Å². The Balaban J connectivity index is 2.52. The standard InChI is InChI=1S/C14H22N2O5S/c1-5-21-14(17)12-10(2)13(11(3)15(12)4)22(18,19)16-6-8-20-9-7-16/h5-9H2,1-4H3. The Bertz CT molecular complexity index is 672. The molecule has 0 aliphatic carbocycles. The number of nitrogens with zero attached hydrogens (tertiary/aromatic N) is 2. The second-order valence-corrected chi connectivity index (χ2v) is 7.06. The van der Waals surface area contributed by atoms with Crippen LogP contribution in [0.5, 0.6) is 0 Å². The zero-order valence-electron chi connectivity index (χ0n) is 13.4. The van der Waals surface area contributed by atoms with Crippen molar-refractivity contribution in [2.24, 2.45) is 7.05 Å². The van der Waals surface area contributed by atoms with E-state index < -0.39 is 16.0 Å². The molecule has 7 nitrogen and oxygen atoms in total. The van der Waals surface area contributed by atoms with Crippen LogP contribution in [-0.2, 0) is 26.5 Å². The molecule has 2 rings (SSSR count). The zero-order chi connectivity index (χ0) is 16.5. The molecule has 0 unspecified atom stereocenters. The Morgan fingerprint density at radius 1 is 1.27 bits per heavy atom. The molecular weight excluding hydrogens is 308 g/mol. The van der Waals surface area contributed by atoms with Gasteiger partial charge in [0.05, 0.1) is 19.8 Å². The van der Waals surface area contributed by atoms with Gasteiger partial charge in [-0.3, -0.25) is 0 Å². The number of sulfonamides is 1. The van der Waals surface area contributed by atoms with Gasteiger partial charge in [0.15, 0.2) is 0 Å². The Labute approximate surface area is 130 Å². The molecule has 0 spiro atoms. The van der Waals surface area contributed by atoms with Crippen LogP contribution >= 0.6 is 0 Å². The number of hydrogen-bond acceptors (Lipinski definition) is 5. The summed E-state index contributed by atoms with van der Waals surface area (Å²) in [5, 5.41) is 0. The highest BCUT2D eigenvalue weighted by atomic mass is 32.2. The number of carbonyl (C=O) groups excluding carboxylic acids is 1. The van der Waals surface area contributed by atoms with Crippen LogP contribution in [0.25, 0.3) is 0 Å². The fourth-order valence-corrected chi connectivity index (χ4v) is 4.62. The van der Waals surface area contributed by atoms with Gasteiger partial charge in [0.25, 0.3) is 0 Å². The number of rotatable bonds is 4. The first kappa shape index (κ1) is 17.0. The van der Waals surface area contributed by atoms with Gasteiger partial charge in [-0.25, -0.2) is 13.2 Å². The van der Waals surface area contributed by atoms with Gasteiger partial charge >= 0.3 is 5.97 Å². The van der Waals surface area contributed by atoms with Crippen molar-refractivity contribution in [3.63, 3.8) is 0 Å². The molecule has 0 amide bonds. The second-order valence-electron chi connectivity index (χ2n) is 5.18. The molecule has 1 fully saturated rings. The summed E-state index contributed by atoms with van der Waals surface area (Å²) < 4.78 is 39.0. The Morgan fingerprint density at radius 3 is 2.41 bits per heavy atom. The van der Waals surface area contributed by atoms with Crippen LogP contribution in [0.15, 0.2) is 4.90 Å². The normalized spacial score (nSPS) is 16.7. The third kappa shape index (κ3) is 2.78. The minimum absolute atomic E-state index is 0.194. The molecule has 1 saturated heterocycles. The van der Waals surface area contributed by atoms with Crippen LogP contribution in [0, 0.1) is 13.8 Å². The van der Waals surface area contributed by atoms with Crippen molar-refractivity contribution in [1.29, 1.82) is 0 Å². The van der Waals surface area contributed by atoms with E-state index >= 15 is 0 Å². The highest BCUT2D eigenvalue weighted by Gasteiger charge is 2.34. The molecule has 1 aromatic heterocycles. The Kier molecular flexibility index (Phi) is 4.93. The first-order valence-corrected chi connectivity index (χ1v) is 8.67. The molecule has 0 N–H and O–H groups in total. The summed E-state index contributed by atoms with van der Waals surface area (Å²) in [5.74, 6) is -0.506. The maximum absolute atomic E-state index is 12.9. The van der Waals surface area contributed by atoms with Crippen LogP contribution in [0.2, 0.25) is 0 Å². The molecule has 1 aromatic rings. The summed E-state index contributed by atoms with van der Waals surface area (Å²) in [6.07, 6.45) is 0. The van der Waals surface area contributed by atoms with E-state index in [1.165, 1.54) is 4.31 Å². The molecule has 1 aliphatic heterocycles. The maximum atomic E-state index is 12.9. The van der Waals surface area contributed by atoms with Crippen molar-refractivity contribution in [3.05, 3.63) is 17.0 Å². The lowest BCUT2D eigenvalue weighted by Gasteiger charge is -2.26. The largest absolute Gasteiger partial charge is 0.461 e.